The van der Waals surface area contributed by atoms with Crippen molar-refractivity contribution >= 4 is 17.4 Å². The second kappa shape index (κ2) is 12.4. The third-order valence-electron chi connectivity index (χ3n) is 6.03. The van der Waals surface area contributed by atoms with Crippen molar-refractivity contribution in [2.75, 3.05) is 51.7 Å². The van der Waals surface area contributed by atoms with Crippen LogP contribution in [-0.4, -0.2) is 78.6 Å². The molecule has 38 heavy (non-hydrogen) atoms. The topological polar surface area (TPSA) is 81.2 Å². The van der Waals surface area contributed by atoms with E-state index < -0.39 is 29.5 Å². The van der Waals surface area contributed by atoms with Crippen molar-refractivity contribution in [3.05, 3.63) is 77.6 Å². The Kier molecular flexibility index (Phi) is 9.45. The predicted molar refractivity (Wildman–Crippen MR) is 137 cm³/mol. The number of aliphatic hydroxyl groups excluding tert-OH is 1. The quantitative estimate of drug-likeness (QED) is 0.303. The van der Waals surface area contributed by atoms with Crippen molar-refractivity contribution in [2.24, 2.45) is 10.7 Å². The molecule has 1 aliphatic heterocycles. The molecular weight excluding hydrogens is 507 g/mol. The molecule has 0 saturated carbocycles. The van der Waals surface area contributed by atoms with E-state index in [9.17, 15) is 27.1 Å². The summed E-state index contributed by atoms with van der Waals surface area (Å²) in [6.45, 7) is 5.37. The lowest BCUT2D eigenvalue weighted by Crippen LogP contribution is -2.49. The van der Waals surface area contributed by atoms with E-state index in [0.717, 1.165) is 18.2 Å². The number of aliphatic hydroxyl groups is 1. The Labute approximate surface area is 218 Å². The van der Waals surface area contributed by atoms with Crippen LogP contribution in [0.15, 0.2) is 59.9 Å². The van der Waals surface area contributed by atoms with E-state index in [1.165, 1.54) is 24.4 Å². The van der Waals surface area contributed by atoms with E-state index in [1.807, 2.05) is 19.0 Å². The third kappa shape index (κ3) is 7.51. The molecule has 0 aliphatic carbocycles. The predicted octanol–water partition coefficient (Wildman–Crippen LogP) is 3.73. The van der Waals surface area contributed by atoms with Crippen LogP contribution in [0, 0.1) is 11.6 Å². The van der Waals surface area contributed by atoms with Crippen LogP contribution in [0.1, 0.15) is 17.5 Å². The Bertz CT molecular complexity index is 1190. The highest BCUT2D eigenvalue weighted by Crippen LogP contribution is 2.35. The van der Waals surface area contributed by atoms with Crippen LogP contribution in [-0.2, 0) is 6.18 Å². The molecule has 2 aromatic rings. The number of hydrogen-bond donors (Lipinski definition) is 2. The van der Waals surface area contributed by atoms with Crippen LogP contribution < -0.4 is 10.6 Å². The first kappa shape index (κ1) is 29.1. The monoisotopic (exact) mass is 538 g/mol. The minimum Gasteiger partial charge on any atom is -0.398 e. The molecule has 0 radical (unpaired) electrons. The second-order valence-electron chi connectivity index (χ2n) is 9.14. The van der Waals surface area contributed by atoms with Gasteiger partial charge in [-0.25, -0.2) is 18.8 Å². The van der Waals surface area contributed by atoms with Gasteiger partial charge in [0.2, 0.25) is 0 Å². The molecular formula is C26H31F5N6O. The number of anilines is 1. The van der Waals surface area contributed by atoms with E-state index in [0.29, 0.717) is 13.0 Å². The normalized spacial score (nSPS) is 16.2. The van der Waals surface area contributed by atoms with Gasteiger partial charge in [0.05, 0.1) is 17.4 Å². The van der Waals surface area contributed by atoms with E-state index >= 15 is 0 Å². The van der Waals surface area contributed by atoms with Crippen LogP contribution in [0.5, 0.6) is 0 Å². The maximum Gasteiger partial charge on any atom is 0.419 e. The Morgan fingerprint density at radius 2 is 1.87 bits per heavy atom. The molecule has 0 amide bonds. The largest absolute Gasteiger partial charge is 0.419 e. The number of alkyl halides is 3. The van der Waals surface area contributed by atoms with Crippen LogP contribution in [0.25, 0.3) is 5.70 Å². The van der Waals surface area contributed by atoms with E-state index in [1.54, 1.807) is 9.80 Å². The number of rotatable bonds is 8. The van der Waals surface area contributed by atoms with Gasteiger partial charge in [-0.1, -0.05) is 6.58 Å². The van der Waals surface area contributed by atoms with Crippen molar-refractivity contribution in [2.45, 2.75) is 18.7 Å². The molecule has 0 spiro atoms. The van der Waals surface area contributed by atoms with Gasteiger partial charge in [-0.05, 0) is 50.8 Å². The lowest BCUT2D eigenvalue weighted by molar-refractivity contribution is -0.137. The molecule has 12 heteroatoms. The Morgan fingerprint density at radius 1 is 1.18 bits per heavy atom. The first-order valence-electron chi connectivity index (χ1n) is 11.9. The van der Waals surface area contributed by atoms with Crippen molar-refractivity contribution in [1.29, 1.82) is 0 Å². The fraction of sp³-hybridized carbons (Fsp3) is 0.385. The molecule has 206 valence electrons. The Balaban J connectivity index is 1.87. The molecule has 1 aliphatic rings. The van der Waals surface area contributed by atoms with Crippen LogP contribution in [0.2, 0.25) is 0 Å². The van der Waals surface area contributed by atoms with E-state index in [2.05, 4.69) is 16.6 Å². The molecule has 0 bridgehead atoms. The summed E-state index contributed by atoms with van der Waals surface area (Å²) in [4.78, 5) is 13.7. The van der Waals surface area contributed by atoms with Gasteiger partial charge in [0.1, 0.15) is 11.7 Å². The fourth-order valence-electron chi connectivity index (χ4n) is 3.88. The summed E-state index contributed by atoms with van der Waals surface area (Å²) >= 11 is 0. The first-order valence-corrected chi connectivity index (χ1v) is 11.9. The third-order valence-corrected chi connectivity index (χ3v) is 6.03. The summed E-state index contributed by atoms with van der Waals surface area (Å²) in [6, 6.07) is 5.46. The number of pyridine rings is 1. The molecule has 3 N–H and O–H groups in total. The van der Waals surface area contributed by atoms with Gasteiger partial charge in [-0.2, -0.15) is 13.2 Å². The molecule has 1 fully saturated rings. The number of hydrogen-bond acceptors (Lipinski definition) is 6. The number of aliphatic imine (C=N–C) groups is 1. The van der Waals surface area contributed by atoms with Gasteiger partial charge in [0.25, 0.3) is 0 Å². The number of benzene rings is 1. The smallest absolute Gasteiger partial charge is 0.398 e. The highest BCUT2D eigenvalue weighted by molar-refractivity contribution is 5.99. The summed E-state index contributed by atoms with van der Waals surface area (Å²) in [7, 11) is 3.72. The fourth-order valence-corrected chi connectivity index (χ4v) is 3.88. The molecule has 1 atom stereocenters. The van der Waals surface area contributed by atoms with Crippen molar-refractivity contribution in [1.82, 2.24) is 14.8 Å². The SMILES string of the molecule is C=C(N=C(/C=C(\N)c1ccc(F)c(F)c1)N1CCN(c2ncccc2C(F)(F)F)CC1)C(O)CCN(C)C. The molecule has 1 aromatic heterocycles. The number of amidine groups is 1. The summed E-state index contributed by atoms with van der Waals surface area (Å²) in [6.07, 6.45) is -2.36. The van der Waals surface area contributed by atoms with E-state index in [-0.39, 0.29) is 54.8 Å². The number of nitrogens with two attached hydrogens (primary N) is 1. The minimum atomic E-state index is -4.55. The number of piperazine rings is 1. The average Bonchev–Trinajstić information content (AvgIpc) is 2.87. The van der Waals surface area contributed by atoms with Gasteiger partial charge in [0, 0.05) is 56.3 Å². The average molecular weight is 539 g/mol. The summed E-state index contributed by atoms with van der Waals surface area (Å²) in [5.74, 6) is -1.95. The Morgan fingerprint density at radius 3 is 2.47 bits per heavy atom. The van der Waals surface area contributed by atoms with Gasteiger partial charge in [0.15, 0.2) is 11.6 Å². The van der Waals surface area contributed by atoms with Crippen LogP contribution in [0.3, 0.4) is 0 Å². The van der Waals surface area contributed by atoms with Crippen LogP contribution in [0.4, 0.5) is 27.8 Å². The summed E-state index contributed by atoms with van der Waals surface area (Å²) < 4.78 is 67.7. The number of halogens is 5. The maximum absolute atomic E-state index is 13.8. The van der Waals surface area contributed by atoms with E-state index in [4.69, 9.17) is 5.73 Å². The number of aromatic nitrogens is 1. The second-order valence-corrected chi connectivity index (χ2v) is 9.14. The van der Waals surface area contributed by atoms with Crippen molar-refractivity contribution in [3.63, 3.8) is 0 Å². The van der Waals surface area contributed by atoms with Gasteiger partial charge >= 0.3 is 6.18 Å². The maximum atomic E-state index is 13.8. The van der Waals surface area contributed by atoms with Crippen molar-refractivity contribution < 1.29 is 27.1 Å². The molecule has 1 aromatic carbocycles. The lowest BCUT2D eigenvalue weighted by Gasteiger charge is -2.37. The molecule has 7 nitrogen and oxygen atoms in total. The highest BCUT2D eigenvalue weighted by atomic mass is 19.4. The molecule has 1 saturated heterocycles. The first-order chi connectivity index (χ1) is 17.9. The molecule has 1 unspecified atom stereocenters. The minimum absolute atomic E-state index is 0.0877. The zero-order valence-electron chi connectivity index (χ0n) is 21.2. The summed E-state index contributed by atoms with van der Waals surface area (Å²) in [5.41, 5.74) is 5.84. The molecule has 3 rings (SSSR count). The van der Waals surface area contributed by atoms with Gasteiger partial charge in [-0.3, -0.25) is 0 Å². The van der Waals surface area contributed by atoms with Crippen LogP contribution >= 0.6 is 0 Å². The summed E-state index contributed by atoms with van der Waals surface area (Å²) in [5, 5.41) is 10.5. The van der Waals surface area contributed by atoms with Crippen molar-refractivity contribution in [3.8, 4) is 0 Å². The standard InChI is InChI=1S/C26H31F5N6O/c1-17(23(38)8-10-35(2)3)34-24(16-22(32)18-6-7-20(27)21(28)15-18)36-11-13-37(14-12-36)25-19(26(29,30)31)5-4-9-33-25/h4-7,9,15-16,23,38H,1,8,10-14,32H2,2-3H3/b22-16-,34-24?. The molecule has 2 heterocycles. The lowest BCUT2D eigenvalue weighted by atomic mass is 10.1. The Hall–Kier alpha value is -3.51. The highest BCUT2D eigenvalue weighted by Gasteiger charge is 2.36. The zero-order valence-corrected chi connectivity index (χ0v) is 21.2. The zero-order chi connectivity index (χ0) is 28.0. The van der Waals surface area contributed by atoms with Gasteiger partial charge in [-0.15, -0.1) is 0 Å². The van der Waals surface area contributed by atoms with Gasteiger partial charge < -0.3 is 25.5 Å². The number of nitrogens with zero attached hydrogens (tertiary/aromatic N) is 5.